The largest absolute Gasteiger partial charge is 0.414 e. The summed E-state index contributed by atoms with van der Waals surface area (Å²) in [6, 6.07) is 3.67. The maximum atomic E-state index is 14.4. The van der Waals surface area contributed by atoms with Crippen LogP contribution in [0.15, 0.2) is 30.5 Å². The number of hydrogen-bond acceptors (Lipinski definition) is 5. The number of rotatable bonds is 6. The van der Waals surface area contributed by atoms with Crippen LogP contribution >= 0.6 is 11.6 Å². The minimum absolute atomic E-state index is 0.0516. The number of piperidine rings is 1. The van der Waals surface area contributed by atoms with Gasteiger partial charge in [0.25, 0.3) is 0 Å². The fourth-order valence-corrected chi connectivity index (χ4v) is 8.45. The molecule has 40 heavy (non-hydrogen) atoms. The second-order valence-corrected chi connectivity index (χ2v) is 14.0. The molecule has 2 unspecified atom stereocenters. The van der Waals surface area contributed by atoms with E-state index in [1.807, 2.05) is 0 Å². The van der Waals surface area contributed by atoms with Gasteiger partial charge in [0.2, 0.25) is 15.9 Å². The Balaban J connectivity index is 1.15. The third-order valence-electron chi connectivity index (χ3n) is 8.80. The van der Waals surface area contributed by atoms with Crippen LogP contribution in [0.4, 0.5) is 23.2 Å². The summed E-state index contributed by atoms with van der Waals surface area (Å²) >= 11 is 5.88. The highest BCUT2D eigenvalue weighted by molar-refractivity contribution is 7.90. The normalized spacial score (nSPS) is 24.0. The molecule has 216 valence electrons. The van der Waals surface area contributed by atoms with E-state index < -0.39 is 39.4 Å². The van der Waals surface area contributed by atoms with Gasteiger partial charge >= 0.3 is 6.18 Å². The number of benzene rings is 1. The average Bonchev–Trinajstić information content (AvgIpc) is 3.64. The Morgan fingerprint density at radius 3 is 2.38 bits per heavy atom. The molecule has 3 fully saturated rings. The van der Waals surface area contributed by atoms with Crippen molar-refractivity contribution in [2.45, 2.75) is 68.5 Å². The van der Waals surface area contributed by atoms with Crippen LogP contribution in [-0.4, -0.2) is 65.6 Å². The standard InChI is InChI=1S/C27H29ClF4N4O3S/c28-21-5-1-16-13-18(14-20(16)23(21)29)34-17-2-6-22(33-15-17)24(27(30,31)32)36-12-9-26(25(36)37)7-10-35(11-8-26)40(38,39)19-3-4-19/h1-2,5-6,15,18-19,24,34H,3-4,7-14H2. The van der Waals surface area contributed by atoms with Crippen LogP contribution < -0.4 is 5.32 Å². The lowest BCUT2D eigenvalue weighted by Gasteiger charge is -2.38. The molecule has 1 N–H and O–H groups in total. The topological polar surface area (TPSA) is 82.6 Å². The molecule has 2 atom stereocenters. The maximum Gasteiger partial charge on any atom is 0.414 e. The zero-order chi connectivity index (χ0) is 28.4. The fraction of sp³-hybridized carbons (Fsp3) is 0.556. The monoisotopic (exact) mass is 600 g/mol. The van der Waals surface area contributed by atoms with E-state index in [2.05, 4.69) is 10.3 Å². The van der Waals surface area contributed by atoms with E-state index in [9.17, 15) is 30.8 Å². The Morgan fingerprint density at radius 1 is 1.05 bits per heavy atom. The van der Waals surface area contributed by atoms with Gasteiger partial charge in [-0.25, -0.2) is 17.1 Å². The van der Waals surface area contributed by atoms with E-state index >= 15 is 0 Å². The third kappa shape index (κ3) is 4.85. The minimum atomic E-state index is -4.75. The number of halogens is 5. The number of carbonyl (C=O) groups is 1. The van der Waals surface area contributed by atoms with Crippen LogP contribution in [0.5, 0.6) is 0 Å². The van der Waals surface area contributed by atoms with Crippen molar-refractivity contribution in [2.24, 2.45) is 5.41 Å². The summed E-state index contributed by atoms with van der Waals surface area (Å²) in [7, 11) is -3.39. The van der Waals surface area contributed by atoms with Crippen molar-refractivity contribution in [1.29, 1.82) is 0 Å². The Bertz CT molecular complexity index is 1420. The van der Waals surface area contributed by atoms with Crippen LogP contribution in [0.25, 0.3) is 0 Å². The van der Waals surface area contributed by atoms with Gasteiger partial charge in [0.15, 0.2) is 6.04 Å². The summed E-state index contributed by atoms with van der Waals surface area (Å²) in [5.41, 5.74) is 0.575. The molecule has 1 saturated carbocycles. The van der Waals surface area contributed by atoms with Gasteiger partial charge < -0.3 is 10.2 Å². The number of hydrogen-bond donors (Lipinski definition) is 1. The molecule has 3 heterocycles. The highest BCUT2D eigenvalue weighted by Crippen LogP contribution is 2.48. The van der Waals surface area contributed by atoms with E-state index in [1.165, 1.54) is 28.7 Å². The van der Waals surface area contributed by atoms with Gasteiger partial charge in [-0.3, -0.25) is 9.78 Å². The number of alkyl halides is 3. The smallest absolute Gasteiger partial charge is 0.380 e. The molecule has 6 rings (SSSR count). The molecule has 1 aromatic heterocycles. The van der Waals surface area contributed by atoms with E-state index in [0.29, 0.717) is 36.9 Å². The van der Waals surface area contributed by atoms with Gasteiger partial charge in [-0.15, -0.1) is 0 Å². The van der Waals surface area contributed by atoms with E-state index in [1.54, 1.807) is 6.07 Å². The van der Waals surface area contributed by atoms with Crippen LogP contribution in [0, 0.1) is 11.2 Å². The van der Waals surface area contributed by atoms with Crippen molar-refractivity contribution in [2.75, 3.05) is 25.0 Å². The number of aromatic nitrogens is 1. The first-order chi connectivity index (χ1) is 18.9. The summed E-state index contributed by atoms with van der Waals surface area (Å²) in [6.07, 6.45) is -0.576. The third-order valence-corrected chi connectivity index (χ3v) is 11.5. The van der Waals surface area contributed by atoms with Crippen molar-refractivity contribution in [3.8, 4) is 0 Å². The second kappa shape index (κ2) is 9.84. The first-order valence-electron chi connectivity index (χ1n) is 13.4. The van der Waals surface area contributed by atoms with Crippen LogP contribution in [0.1, 0.15) is 55.0 Å². The van der Waals surface area contributed by atoms with Gasteiger partial charge in [-0.05, 0) is 74.3 Å². The van der Waals surface area contributed by atoms with Gasteiger partial charge in [0.1, 0.15) is 5.82 Å². The summed E-state index contributed by atoms with van der Waals surface area (Å²) < 4.78 is 84.0. The molecule has 13 heteroatoms. The van der Waals surface area contributed by atoms with Gasteiger partial charge in [-0.2, -0.15) is 13.2 Å². The molecule has 2 aliphatic carbocycles. The lowest BCUT2D eigenvalue weighted by atomic mass is 9.77. The molecular weight excluding hydrogens is 572 g/mol. The molecule has 7 nitrogen and oxygen atoms in total. The Kier molecular flexibility index (Phi) is 6.81. The lowest BCUT2D eigenvalue weighted by Crippen LogP contribution is -2.49. The second-order valence-electron chi connectivity index (χ2n) is 11.3. The molecule has 2 aromatic rings. The first-order valence-corrected chi connectivity index (χ1v) is 15.3. The first kappa shape index (κ1) is 27.7. The summed E-state index contributed by atoms with van der Waals surface area (Å²) in [6.45, 7) is 0.220. The number of nitrogens with zero attached hydrogens (tertiary/aromatic N) is 3. The Morgan fingerprint density at radius 2 is 1.75 bits per heavy atom. The minimum Gasteiger partial charge on any atom is -0.380 e. The Labute approximate surface area is 234 Å². The maximum absolute atomic E-state index is 14.4. The number of nitrogens with one attached hydrogen (secondary N) is 1. The quantitative estimate of drug-likeness (QED) is 0.479. The van der Waals surface area contributed by atoms with Gasteiger partial charge in [0.05, 0.1) is 33.3 Å². The van der Waals surface area contributed by atoms with E-state index in [4.69, 9.17) is 11.6 Å². The predicted octanol–water partition coefficient (Wildman–Crippen LogP) is 4.86. The van der Waals surface area contributed by atoms with Gasteiger partial charge in [0, 0.05) is 25.7 Å². The van der Waals surface area contributed by atoms with Crippen molar-refractivity contribution in [3.63, 3.8) is 0 Å². The van der Waals surface area contributed by atoms with Crippen molar-refractivity contribution < 1.29 is 30.8 Å². The van der Waals surface area contributed by atoms with Crippen molar-refractivity contribution >= 4 is 33.2 Å². The molecular formula is C27H29ClF4N4O3S. The zero-order valence-electron chi connectivity index (χ0n) is 21.6. The lowest BCUT2D eigenvalue weighted by molar-refractivity contribution is -0.191. The summed E-state index contributed by atoms with van der Waals surface area (Å²) in [5, 5.41) is 2.89. The SMILES string of the molecule is O=C1N(C(c2ccc(NC3Cc4ccc(Cl)c(F)c4C3)cn2)C(F)(F)F)CCC12CCN(S(=O)(=O)C1CC1)CC2. The van der Waals surface area contributed by atoms with E-state index in [0.717, 1.165) is 10.5 Å². The van der Waals surface area contributed by atoms with Crippen LogP contribution in [0.3, 0.4) is 0 Å². The number of likely N-dealkylation sites (tertiary alicyclic amines) is 1. The molecule has 1 aromatic carbocycles. The molecule has 1 amide bonds. The molecule has 1 spiro atoms. The van der Waals surface area contributed by atoms with Crippen LogP contribution in [-0.2, 0) is 27.7 Å². The number of amides is 1. The average molecular weight is 601 g/mol. The number of carbonyl (C=O) groups excluding carboxylic acids is 1. The molecule has 4 aliphatic rings. The molecule has 0 radical (unpaired) electrons. The zero-order valence-corrected chi connectivity index (χ0v) is 23.1. The van der Waals surface area contributed by atoms with E-state index in [-0.39, 0.29) is 60.9 Å². The molecule has 0 bridgehead atoms. The number of sulfonamides is 1. The number of anilines is 1. The summed E-state index contributed by atoms with van der Waals surface area (Å²) in [4.78, 5) is 18.4. The van der Waals surface area contributed by atoms with Crippen LogP contribution in [0.2, 0.25) is 5.02 Å². The van der Waals surface area contributed by atoms with Crippen molar-refractivity contribution in [1.82, 2.24) is 14.2 Å². The predicted molar refractivity (Wildman–Crippen MR) is 141 cm³/mol. The van der Waals surface area contributed by atoms with Gasteiger partial charge in [-0.1, -0.05) is 17.7 Å². The van der Waals surface area contributed by atoms with Crippen molar-refractivity contribution in [3.05, 3.63) is 58.1 Å². The molecule has 2 saturated heterocycles. The Hall–Kier alpha value is -2.44. The summed E-state index contributed by atoms with van der Waals surface area (Å²) in [5.74, 6) is -1.04. The fourth-order valence-electron chi connectivity index (χ4n) is 6.43. The number of fused-ring (bicyclic) bond motifs is 1. The highest BCUT2D eigenvalue weighted by Gasteiger charge is 2.57. The number of pyridine rings is 1. The highest BCUT2D eigenvalue weighted by atomic mass is 35.5. The molecule has 2 aliphatic heterocycles.